The van der Waals surface area contributed by atoms with Crippen LogP contribution in [0.3, 0.4) is 0 Å². The molecular formula is C21H22ClN3O2. The zero-order valence-corrected chi connectivity index (χ0v) is 16.1. The zero-order valence-electron chi connectivity index (χ0n) is 15.4. The number of aromatic nitrogens is 2. The van der Waals surface area contributed by atoms with E-state index in [0.717, 1.165) is 12.0 Å². The molecule has 1 heterocycles. The molecule has 3 rings (SSSR count). The SMILES string of the molecule is CC(C)CC(NC(=O)Cn1cnc2cc(Cl)ccc2c1=O)c1ccccc1. The molecule has 3 aromatic rings. The maximum Gasteiger partial charge on any atom is 0.261 e. The van der Waals surface area contributed by atoms with Crippen LogP contribution in [0.1, 0.15) is 31.9 Å². The van der Waals surface area contributed by atoms with Gasteiger partial charge in [-0.25, -0.2) is 4.98 Å². The number of hydrogen-bond acceptors (Lipinski definition) is 3. The quantitative estimate of drug-likeness (QED) is 0.700. The van der Waals surface area contributed by atoms with Gasteiger partial charge in [-0.2, -0.15) is 0 Å². The number of hydrogen-bond donors (Lipinski definition) is 1. The second-order valence-corrected chi connectivity index (χ2v) is 7.44. The fourth-order valence-corrected chi connectivity index (χ4v) is 3.24. The van der Waals surface area contributed by atoms with Crippen LogP contribution in [0.5, 0.6) is 0 Å². The van der Waals surface area contributed by atoms with E-state index in [1.165, 1.54) is 10.9 Å². The summed E-state index contributed by atoms with van der Waals surface area (Å²) in [6, 6.07) is 14.7. The molecular weight excluding hydrogens is 362 g/mol. The minimum atomic E-state index is -0.257. The highest BCUT2D eigenvalue weighted by molar-refractivity contribution is 6.31. The summed E-state index contributed by atoms with van der Waals surface area (Å²) in [4.78, 5) is 29.4. The molecule has 0 aliphatic heterocycles. The van der Waals surface area contributed by atoms with Gasteiger partial charge in [0.05, 0.1) is 23.3 Å². The Morgan fingerprint density at radius 1 is 1.19 bits per heavy atom. The van der Waals surface area contributed by atoms with Crippen LogP contribution in [0, 0.1) is 5.92 Å². The third-order valence-electron chi connectivity index (χ3n) is 4.35. The van der Waals surface area contributed by atoms with Crippen molar-refractivity contribution in [2.45, 2.75) is 32.9 Å². The minimum absolute atomic E-state index is 0.0776. The van der Waals surface area contributed by atoms with E-state index < -0.39 is 0 Å². The van der Waals surface area contributed by atoms with Gasteiger partial charge >= 0.3 is 0 Å². The molecule has 0 fully saturated rings. The number of nitrogens with one attached hydrogen (secondary N) is 1. The first-order valence-electron chi connectivity index (χ1n) is 8.93. The summed E-state index contributed by atoms with van der Waals surface area (Å²) >= 11 is 5.94. The highest BCUT2D eigenvalue weighted by Gasteiger charge is 2.17. The number of carbonyl (C=O) groups is 1. The Bertz CT molecular complexity index is 999. The molecule has 0 spiro atoms. The highest BCUT2D eigenvalue weighted by Crippen LogP contribution is 2.21. The van der Waals surface area contributed by atoms with E-state index in [1.807, 2.05) is 30.3 Å². The average Bonchev–Trinajstić information content (AvgIpc) is 2.64. The van der Waals surface area contributed by atoms with E-state index in [1.54, 1.807) is 18.2 Å². The van der Waals surface area contributed by atoms with Crippen molar-refractivity contribution in [2.24, 2.45) is 5.92 Å². The molecule has 0 saturated heterocycles. The normalized spacial score (nSPS) is 12.3. The lowest BCUT2D eigenvalue weighted by atomic mass is 9.97. The van der Waals surface area contributed by atoms with Crippen LogP contribution in [0.15, 0.2) is 59.7 Å². The molecule has 6 heteroatoms. The van der Waals surface area contributed by atoms with Crippen molar-refractivity contribution in [3.8, 4) is 0 Å². The first kappa shape index (κ1) is 19.1. The standard InChI is InChI=1S/C21H22ClN3O2/c1-14(2)10-18(15-6-4-3-5-7-15)24-20(26)12-25-13-23-19-11-16(22)8-9-17(19)21(25)27/h3-9,11,13-14,18H,10,12H2,1-2H3,(H,24,26). The van der Waals surface area contributed by atoms with Crippen molar-refractivity contribution < 1.29 is 4.79 Å². The van der Waals surface area contributed by atoms with Crippen molar-refractivity contribution in [3.63, 3.8) is 0 Å². The summed E-state index contributed by atoms with van der Waals surface area (Å²) in [5.74, 6) is 0.201. The van der Waals surface area contributed by atoms with Gasteiger partial charge in [0.2, 0.25) is 5.91 Å². The largest absolute Gasteiger partial charge is 0.348 e. The van der Waals surface area contributed by atoms with Crippen molar-refractivity contribution in [2.75, 3.05) is 0 Å². The van der Waals surface area contributed by atoms with Crippen molar-refractivity contribution in [1.29, 1.82) is 0 Å². The number of carbonyl (C=O) groups excluding carboxylic acids is 1. The van der Waals surface area contributed by atoms with Gasteiger partial charge in [-0.1, -0.05) is 55.8 Å². The van der Waals surface area contributed by atoms with Crippen molar-refractivity contribution in [1.82, 2.24) is 14.9 Å². The molecule has 0 saturated carbocycles. The van der Waals surface area contributed by atoms with E-state index in [9.17, 15) is 9.59 Å². The predicted molar refractivity (Wildman–Crippen MR) is 108 cm³/mol. The molecule has 2 aromatic carbocycles. The molecule has 0 bridgehead atoms. The molecule has 0 aliphatic carbocycles. The number of nitrogens with zero attached hydrogens (tertiary/aromatic N) is 2. The number of rotatable bonds is 6. The van der Waals surface area contributed by atoms with Crippen molar-refractivity contribution >= 4 is 28.4 Å². The zero-order chi connectivity index (χ0) is 19.4. The number of benzene rings is 2. The number of amides is 1. The molecule has 0 radical (unpaired) electrons. The van der Waals surface area contributed by atoms with Gasteiger partial charge in [0.15, 0.2) is 0 Å². The third-order valence-corrected chi connectivity index (χ3v) is 4.58. The van der Waals surface area contributed by atoms with Crippen LogP contribution < -0.4 is 10.9 Å². The lowest BCUT2D eigenvalue weighted by molar-refractivity contribution is -0.122. The van der Waals surface area contributed by atoms with Crippen LogP contribution in [0.25, 0.3) is 10.9 Å². The highest BCUT2D eigenvalue weighted by atomic mass is 35.5. The lowest BCUT2D eigenvalue weighted by Crippen LogP contribution is -2.35. The minimum Gasteiger partial charge on any atom is -0.348 e. The van der Waals surface area contributed by atoms with Gasteiger partial charge in [0, 0.05) is 5.02 Å². The molecule has 0 aliphatic rings. The van der Waals surface area contributed by atoms with Crippen LogP contribution in [-0.2, 0) is 11.3 Å². The van der Waals surface area contributed by atoms with E-state index in [4.69, 9.17) is 11.6 Å². The Kier molecular flexibility index (Phi) is 5.91. The summed E-state index contributed by atoms with van der Waals surface area (Å²) in [5, 5.41) is 4.01. The fourth-order valence-electron chi connectivity index (χ4n) is 3.07. The van der Waals surface area contributed by atoms with Gasteiger partial charge < -0.3 is 5.32 Å². The van der Waals surface area contributed by atoms with Crippen LogP contribution in [-0.4, -0.2) is 15.5 Å². The molecule has 1 atom stereocenters. The maximum atomic E-state index is 12.6. The molecule has 1 unspecified atom stereocenters. The van der Waals surface area contributed by atoms with E-state index in [0.29, 0.717) is 21.8 Å². The summed E-state index contributed by atoms with van der Waals surface area (Å²) in [5.41, 5.74) is 1.32. The topological polar surface area (TPSA) is 64.0 Å². The van der Waals surface area contributed by atoms with Gasteiger partial charge in [-0.05, 0) is 36.1 Å². The number of fused-ring (bicyclic) bond motifs is 1. The van der Waals surface area contributed by atoms with Crippen LogP contribution in [0.4, 0.5) is 0 Å². The molecule has 140 valence electrons. The van der Waals surface area contributed by atoms with Crippen LogP contribution >= 0.6 is 11.6 Å². The van der Waals surface area contributed by atoms with Crippen molar-refractivity contribution in [3.05, 3.63) is 75.8 Å². The second kappa shape index (κ2) is 8.35. The Labute approximate surface area is 163 Å². The van der Waals surface area contributed by atoms with E-state index in [-0.39, 0.29) is 24.1 Å². The molecule has 1 amide bonds. The lowest BCUT2D eigenvalue weighted by Gasteiger charge is -2.21. The first-order valence-corrected chi connectivity index (χ1v) is 9.31. The second-order valence-electron chi connectivity index (χ2n) is 7.00. The Hall–Kier alpha value is -2.66. The Balaban J connectivity index is 1.80. The maximum absolute atomic E-state index is 12.6. The summed E-state index contributed by atoms with van der Waals surface area (Å²) < 4.78 is 1.32. The smallest absolute Gasteiger partial charge is 0.261 e. The third kappa shape index (κ3) is 4.74. The summed E-state index contributed by atoms with van der Waals surface area (Å²) in [6.07, 6.45) is 2.21. The van der Waals surface area contributed by atoms with Gasteiger partial charge in [-0.3, -0.25) is 14.2 Å². The van der Waals surface area contributed by atoms with E-state index in [2.05, 4.69) is 24.1 Å². The molecule has 5 nitrogen and oxygen atoms in total. The average molecular weight is 384 g/mol. The molecule has 1 N–H and O–H groups in total. The monoisotopic (exact) mass is 383 g/mol. The fraction of sp³-hybridized carbons (Fsp3) is 0.286. The molecule has 1 aromatic heterocycles. The van der Waals surface area contributed by atoms with Gasteiger partial charge in [0.1, 0.15) is 6.54 Å². The first-order chi connectivity index (χ1) is 12.9. The van der Waals surface area contributed by atoms with Gasteiger partial charge in [0.25, 0.3) is 5.56 Å². The van der Waals surface area contributed by atoms with Crippen LogP contribution in [0.2, 0.25) is 5.02 Å². The molecule has 27 heavy (non-hydrogen) atoms. The Morgan fingerprint density at radius 3 is 2.63 bits per heavy atom. The summed E-state index contributed by atoms with van der Waals surface area (Å²) in [7, 11) is 0. The summed E-state index contributed by atoms with van der Waals surface area (Å²) in [6.45, 7) is 4.15. The number of halogens is 1. The Morgan fingerprint density at radius 2 is 1.93 bits per heavy atom. The predicted octanol–water partition coefficient (Wildman–Crippen LogP) is 3.95. The van der Waals surface area contributed by atoms with E-state index >= 15 is 0 Å². The van der Waals surface area contributed by atoms with Gasteiger partial charge in [-0.15, -0.1) is 0 Å².